The van der Waals surface area contributed by atoms with Crippen molar-refractivity contribution < 1.29 is 18.7 Å². The van der Waals surface area contributed by atoms with E-state index in [4.69, 9.17) is 10.8 Å². The largest absolute Gasteiger partial charge is 0.481 e. The quantitative estimate of drug-likeness (QED) is 0.832. The molecule has 1 aromatic carbocycles. The first kappa shape index (κ1) is 12.6. The molecule has 0 bridgehead atoms. The molecule has 1 rings (SSSR count). The lowest BCUT2D eigenvalue weighted by Gasteiger charge is -2.13. The minimum atomic E-state index is -2.89. The Morgan fingerprint density at radius 3 is 2.31 bits per heavy atom. The van der Waals surface area contributed by atoms with E-state index in [1.165, 1.54) is 24.3 Å². The molecule has 0 saturated heterocycles. The van der Waals surface area contributed by atoms with Crippen LogP contribution in [-0.4, -0.2) is 11.1 Å². The fourth-order valence-electron chi connectivity index (χ4n) is 1.33. The first-order valence-corrected chi connectivity index (χ1v) is 4.76. The van der Waals surface area contributed by atoms with Crippen molar-refractivity contribution in [2.75, 3.05) is 0 Å². The highest BCUT2D eigenvalue weighted by atomic mass is 19.3. The Balaban J connectivity index is 2.83. The van der Waals surface area contributed by atoms with Crippen molar-refractivity contribution >= 4 is 5.97 Å². The van der Waals surface area contributed by atoms with E-state index in [0.29, 0.717) is 5.56 Å². The number of carboxylic acid groups (broad SMARTS) is 1. The molecular weight excluding hydrogens is 216 g/mol. The lowest BCUT2D eigenvalue weighted by Crippen LogP contribution is -2.15. The van der Waals surface area contributed by atoms with Crippen molar-refractivity contribution in [1.82, 2.24) is 0 Å². The molecule has 3 nitrogen and oxygen atoms in total. The van der Waals surface area contributed by atoms with Gasteiger partial charge in [0.1, 0.15) is 0 Å². The van der Waals surface area contributed by atoms with Gasteiger partial charge in [-0.1, -0.05) is 24.3 Å². The Bertz CT molecular complexity index is 371. The number of hydrogen-bond acceptors (Lipinski definition) is 2. The molecular formula is C11H13F2NO2. The van der Waals surface area contributed by atoms with E-state index < -0.39 is 17.9 Å². The summed E-state index contributed by atoms with van der Waals surface area (Å²) in [5.74, 6) is -3.91. The van der Waals surface area contributed by atoms with Crippen LogP contribution in [0.5, 0.6) is 0 Å². The van der Waals surface area contributed by atoms with Crippen molar-refractivity contribution in [3.05, 3.63) is 35.4 Å². The predicted octanol–water partition coefficient (Wildman–Crippen LogP) is 2.27. The van der Waals surface area contributed by atoms with E-state index in [0.717, 1.165) is 6.92 Å². The lowest BCUT2D eigenvalue weighted by atomic mass is 10.0. The molecule has 0 aliphatic carbocycles. The standard InChI is InChI=1S/C11H13F2NO2/c1-11(12,13)8-4-2-7(3-5-8)9(14)6-10(15)16/h2-5,9H,6,14H2,1H3,(H,15,16). The number of carboxylic acids is 1. The third kappa shape index (κ3) is 3.27. The fraction of sp³-hybridized carbons (Fsp3) is 0.364. The number of nitrogens with two attached hydrogens (primary N) is 1. The molecule has 0 saturated carbocycles. The zero-order valence-electron chi connectivity index (χ0n) is 8.78. The maximum absolute atomic E-state index is 12.9. The molecule has 1 unspecified atom stereocenters. The first-order chi connectivity index (χ1) is 7.30. The average Bonchev–Trinajstić information content (AvgIpc) is 2.15. The third-order valence-corrected chi connectivity index (χ3v) is 2.24. The maximum Gasteiger partial charge on any atom is 0.305 e. The van der Waals surface area contributed by atoms with Crippen LogP contribution in [0.2, 0.25) is 0 Å². The van der Waals surface area contributed by atoms with Gasteiger partial charge in [0.2, 0.25) is 0 Å². The van der Waals surface area contributed by atoms with Gasteiger partial charge < -0.3 is 10.8 Å². The monoisotopic (exact) mass is 229 g/mol. The Morgan fingerprint density at radius 1 is 1.44 bits per heavy atom. The molecule has 0 aromatic heterocycles. The second-order valence-electron chi connectivity index (χ2n) is 3.71. The Hall–Kier alpha value is -1.49. The Morgan fingerprint density at radius 2 is 1.94 bits per heavy atom. The predicted molar refractivity (Wildman–Crippen MR) is 55.2 cm³/mol. The van der Waals surface area contributed by atoms with Crippen LogP contribution in [0.15, 0.2) is 24.3 Å². The van der Waals surface area contributed by atoms with Crippen molar-refractivity contribution in [2.24, 2.45) is 5.73 Å². The number of carbonyl (C=O) groups is 1. The lowest BCUT2D eigenvalue weighted by molar-refractivity contribution is -0.137. The van der Waals surface area contributed by atoms with Crippen LogP contribution in [0.4, 0.5) is 8.78 Å². The highest BCUT2D eigenvalue weighted by Crippen LogP contribution is 2.27. The number of hydrogen-bond donors (Lipinski definition) is 2. The van der Waals surface area contributed by atoms with Crippen LogP contribution >= 0.6 is 0 Å². The van der Waals surface area contributed by atoms with E-state index in [-0.39, 0.29) is 12.0 Å². The second kappa shape index (κ2) is 4.57. The molecule has 0 amide bonds. The molecule has 0 aliphatic heterocycles. The molecule has 0 radical (unpaired) electrons. The van der Waals surface area contributed by atoms with Gasteiger partial charge in [0, 0.05) is 18.5 Å². The van der Waals surface area contributed by atoms with Crippen LogP contribution in [0.3, 0.4) is 0 Å². The van der Waals surface area contributed by atoms with Crippen molar-refractivity contribution in [3.63, 3.8) is 0 Å². The van der Waals surface area contributed by atoms with Gasteiger partial charge in [0.15, 0.2) is 0 Å². The normalized spacial score (nSPS) is 13.5. The van der Waals surface area contributed by atoms with E-state index in [1.807, 2.05) is 0 Å². The smallest absolute Gasteiger partial charge is 0.305 e. The minimum Gasteiger partial charge on any atom is -0.481 e. The Labute approximate surface area is 91.9 Å². The fourth-order valence-corrected chi connectivity index (χ4v) is 1.33. The van der Waals surface area contributed by atoms with Gasteiger partial charge >= 0.3 is 5.97 Å². The highest BCUT2D eigenvalue weighted by molar-refractivity contribution is 5.67. The van der Waals surface area contributed by atoms with Crippen LogP contribution in [-0.2, 0) is 10.7 Å². The van der Waals surface area contributed by atoms with Crippen LogP contribution in [0.25, 0.3) is 0 Å². The molecule has 3 N–H and O–H groups in total. The Kier molecular flexibility index (Phi) is 3.59. The summed E-state index contributed by atoms with van der Waals surface area (Å²) in [4.78, 5) is 10.4. The molecule has 0 spiro atoms. The van der Waals surface area contributed by atoms with Gasteiger partial charge in [-0.25, -0.2) is 8.78 Å². The molecule has 0 heterocycles. The van der Waals surface area contributed by atoms with Gasteiger partial charge in [-0.15, -0.1) is 0 Å². The molecule has 0 aliphatic rings. The van der Waals surface area contributed by atoms with Crippen LogP contribution in [0.1, 0.15) is 30.5 Å². The van der Waals surface area contributed by atoms with E-state index in [1.54, 1.807) is 0 Å². The van der Waals surface area contributed by atoms with E-state index in [2.05, 4.69) is 0 Å². The molecule has 5 heteroatoms. The highest BCUT2D eigenvalue weighted by Gasteiger charge is 2.24. The zero-order chi connectivity index (χ0) is 12.3. The SMILES string of the molecule is CC(F)(F)c1ccc(C(N)CC(=O)O)cc1. The number of halogens is 2. The first-order valence-electron chi connectivity index (χ1n) is 4.76. The molecule has 0 fully saturated rings. The molecule has 1 atom stereocenters. The van der Waals surface area contributed by atoms with Gasteiger partial charge in [-0.2, -0.15) is 0 Å². The van der Waals surface area contributed by atoms with Gasteiger partial charge in [0.05, 0.1) is 6.42 Å². The third-order valence-electron chi connectivity index (χ3n) is 2.24. The summed E-state index contributed by atoms with van der Waals surface area (Å²) in [6.45, 7) is 0.805. The summed E-state index contributed by atoms with van der Waals surface area (Å²) < 4.78 is 25.7. The molecule has 88 valence electrons. The van der Waals surface area contributed by atoms with Gasteiger partial charge in [-0.05, 0) is 5.56 Å². The van der Waals surface area contributed by atoms with Gasteiger partial charge in [-0.3, -0.25) is 4.79 Å². The van der Waals surface area contributed by atoms with Crippen molar-refractivity contribution in [2.45, 2.75) is 25.3 Å². The average molecular weight is 229 g/mol. The molecule has 16 heavy (non-hydrogen) atoms. The van der Waals surface area contributed by atoms with Crippen molar-refractivity contribution in [3.8, 4) is 0 Å². The summed E-state index contributed by atoms with van der Waals surface area (Å²) in [5, 5.41) is 8.53. The van der Waals surface area contributed by atoms with Crippen molar-refractivity contribution in [1.29, 1.82) is 0 Å². The number of rotatable bonds is 4. The number of aliphatic carboxylic acids is 1. The second-order valence-corrected chi connectivity index (χ2v) is 3.71. The van der Waals surface area contributed by atoms with Crippen LogP contribution in [0, 0.1) is 0 Å². The van der Waals surface area contributed by atoms with Crippen LogP contribution < -0.4 is 5.73 Å². The summed E-state index contributed by atoms with van der Waals surface area (Å²) >= 11 is 0. The summed E-state index contributed by atoms with van der Waals surface area (Å²) in [6.07, 6.45) is -0.220. The zero-order valence-corrected chi connectivity index (χ0v) is 8.78. The topological polar surface area (TPSA) is 63.3 Å². The summed E-state index contributed by atoms with van der Waals surface area (Å²) in [6, 6.07) is 4.71. The maximum atomic E-state index is 12.9. The number of alkyl halides is 2. The van der Waals surface area contributed by atoms with E-state index in [9.17, 15) is 13.6 Å². The minimum absolute atomic E-state index is 0.112. The van der Waals surface area contributed by atoms with E-state index >= 15 is 0 Å². The van der Waals surface area contributed by atoms with Gasteiger partial charge in [0.25, 0.3) is 5.92 Å². The summed E-state index contributed by atoms with van der Waals surface area (Å²) in [7, 11) is 0. The summed E-state index contributed by atoms with van der Waals surface area (Å²) in [5.41, 5.74) is 6.01. The molecule has 1 aromatic rings. The number of benzene rings is 1.